The Morgan fingerprint density at radius 2 is 1.60 bits per heavy atom. The van der Waals surface area contributed by atoms with Gasteiger partial charge < -0.3 is 9.64 Å². The highest BCUT2D eigenvalue weighted by Gasteiger charge is 2.26. The number of carbonyl (C=O) groups excluding carboxylic acids is 1. The molecule has 0 spiro atoms. The van der Waals surface area contributed by atoms with Gasteiger partial charge in [-0.05, 0) is 73.7 Å². The number of hydrogen-bond acceptors (Lipinski definition) is 6. The van der Waals surface area contributed by atoms with Gasteiger partial charge in [0, 0.05) is 38.8 Å². The topological polar surface area (TPSA) is 113 Å². The van der Waals surface area contributed by atoms with Crippen molar-refractivity contribution in [3.63, 3.8) is 0 Å². The molecule has 0 aliphatic carbocycles. The van der Waals surface area contributed by atoms with E-state index in [4.69, 9.17) is 4.74 Å². The van der Waals surface area contributed by atoms with E-state index < -0.39 is 20.0 Å². The quantitative estimate of drug-likeness (QED) is 0.534. The highest BCUT2D eigenvalue weighted by molar-refractivity contribution is 7.89. The summed E-state index contributed by atoms with van der Waals surface area (Å²) in [6.45, 7) is 3.35. The van der Waals surface area contributed by atoms with Gasteiger partial charge in [0.15, 0.2) is 0 Å². The van der Waals surface area contributed by atoms with Crippen molar-refractivity contribution in [2.75, 3.05) is 37.7 Å². The van der Waals surface area contributed by atoms with Gasteiger partial charge in [-0.1, -0.05) is 6.42 Å². The lowest BCUT2D eigenvalue weighted by Crippen LogP contribution is -2.35. The zero-order chi connectivity index (χ0) is 25.1. The first-order chi connectivity index (χ1) is 16.7. The summed E-state index contributed by atoms with van der Waals surface area (Å²) >= 11 is 0. The van der Waals surface area contributed by atoms with Gasteiger partial charge >= 0.3 is 0 Å². The van der Waals surface area contributed by atoms with Crippen molar-refractivity contribution in [1.29, 1.82) is 0 Å². The zero-order valence-corrected chi connectivity index (χ0v) is 21.4. The number of amides is 1. The molecule has 4 rings (SSSR count). The lowest BCUT2D eigenvalue weighted by Gasteiger charge is -2.28. The number of carbonyl (C=O) groups is 1. The number of sulfonamides is 2. The Kier molecular flexibility index (Phi) is 7.80. The molecule has 0 aromatic heterocycles. The lowest BCUT2D eigenvalue weighted by atomic mass is 10.0. The van der Waals surface area contributed by atoms with Crippen molar-refractivity contribution in [3.05, 3.63) is 48.0 Å². The number of benzene rings is 2. The van der Waals surface area contributed by atoms with E-state index in [2.05, 4.69) is 4.72 Å². The van der Waals surface area contributed by atoms with Crippen LogP contribution in [0.15, 0.2) is 52.3 Å². The van der Waals surface area contributed by atoms with E-state index in [0.29, 0.717) is 25.4 Å². The minimum Gasteiger partial charge on any atom is -0.492 e. The molecule has 0 bridgehead atoms. The standard InChI is InChI=1S/C24H31N3O6S2/c1-19(28)27-16-5-6-20-18-23(11-12-24(20)27)34(29,30)25-13-17-33-21-7-9-22(10-8-21)35(31,32)26-14-3-2-4-15-26/h7-12,18,25H,2-6,13-17H2,1H3. The van der Waals surface area contributed by atoms with Crippen LogP contribution in [0.25, 0.3) is 0 Å². The van der Waals surface area contributed by atoms with Crippen LogP contribution in [-0.4, -0.2) is 59.8 Å². The van der Waals surface area contributed by atoms with Gasteiger partial charge in [-0.2, -0.15) is 4.31 Å². The van der Waals surface area contributed by atoms with Crippen molar-refractivity contribution in [2.24, 2.45) is 0 Å². The summed E-state index contributed by atoms with van der Waals surface area (Å²) in [5.74, 6) is 0.397. The fourth-order valence-electron chi connectivity index (χ4n) is 4.46. The average molecular weight is 522 g/mol. The maximum Gasteiger partial charge on any atom is 0.243 e. The van der Waals surface area contributed by atoms with Gasteiger partial charge in [-0.15, -0.1) is 0 Å². The number of hydrogen-bond donors (Lipinski definition) is 1. The summed E-state index contributed by atoms with van der Waals surface area (Å²) < 4.78 is 60.6. The van der Waals surface area contributed by atoms with Crippen LogP contribution in [0.1, 0.15) is 38.2 Å². The minimum atomic E-state index is -3.74. The third-order valence-corrected chi connectivity index (χ3v) is 9.67. The summed E-state index contributed by atoms with van der Waals surface area (Å²) in [7, 11) is -7.25. The first kappa shape index (κ1) is 25.6. The number of nitrogens with one attached hydrogen (secondary N) is 1. The van der Waals surface area contributed by atoms with Crippen LogP contribution in [0.4, 0.5) is 5.69 Å². The number of anilines is 1. The molecule has 35 heavy (non-hydrogen) atoms. The monoisotopic (exact) mass is 521 g/mol. The molecule has 1 amide bonds. The van der Waals surface area contributed by atoms with Crippen LogP contribution in [0.3, 0.4) is 0 Å². The SMILES string of the molecule is CC(=O)N1CCCc2cc(S(=O)(=O)NCCOc3ccc(S(=O)(=O)N4CCCCC4)cc3)ccc21. The molecular weight excluding hydrogens is 490 g/mol. The number of fused-ring (bicyclic) bond motifs is 1. The fourth-order valence-corrected chi connectivity index (χ4v) is 7.04. The van der Waals surface area contributed by atoms with Gasteiger partial charge in [-0.25, -0.2) is 21.6 Å². The Bertz CT molecular complexity index is 1270. The van der Waals surface area contributed by atoms with Crippen molar-refractivity contribution in [1.82, 2.24) is 9.03 Å². The van der Waals surface area contributed by atoms with E-state index in [9.17, 15) is 21.6 Å². The smallest absolute Gasteiger partial charge is 0.243 e. The molecule has 2 aliphatic heterocycles. The maximum absolute atomic E-state index is 12.7. The maximum atomic E-state index is 12.7. The van der Waals surface area contributed by atoms with E-state index in [0.717, 1.165) is 43.4 Å². The van der Waals surface area contributed by atoms with E-state index in [-0.39, 0.29) is 28.8 Å². The highest BCUT2D eigenvalue weighted by atomic mass is 32.2. The second-order valence-corrected chi connectivity index (χ2v) is 12.5. The number of piperidine rings is 1. The second kappa shape index (κ2) is 10.7. The minimum absolute atomic E-state index is 0.0484. The van der Waals surface area contributed by atoms with Crippen molar-refractivity contribution in [3.8, 4) is 5.75 Å². The van der Waals surface area contributed by atoms with Crippen LogP contribution >= 0.6 is 0 Å². The number of nitrogens with zero attached hydrogens (tertiary/aromatic N) is 2. The molecule has 1 fully saturated rings. The van der Waals surface area contributed by atoms with Crippen LogP contribution in [-0.2, 0) is 31.3 Å². The summed E-state index contributed by atoms with van der Waals surface area (Å²) in [5, 5.41) is 0. The molecule has 190 valence electrons. The van der Waals surface area contributed by atoms with E-state index in [1.807, 2.05) is 0 Å². The number of aryl methyl sites for hydroxylation is 1. The Hall–Kier alpha value is -2.47. The van der Waals surface area contributed by atoms with Crippen LogP contribution in [0.2, 0.25) is 0 Å². The predicted molar refractivity (Wildman–Crippen MR) is 133 cm³/mol. The lowest BCUT2D eigenvalue weighted by molar-refractivity contribution is -0.116. The molecule has 2 aromatic rings. The van der Waals surface area contributed by atoms with Gasteiger partial charge in [0.05, 0.1) is 9.79 Å². The molecule has 0 atom stereocenters. The van der Waals surface area contributed by atoms with Gasteiger partial charge in [0.25, 0.3) is 0 Å². The van der Waals surface area contributed by atoms with Gasteiger partial charge in [0.2, 0.25) is 26.0 Å². The molecule has 0 saturated carbocycles. The van der Waals surface area contributed by atoms with Crippen molar-refractivity contribution >= 4 is 31.6 Å². The normalized spacial score (nSPS) is 17.1. The van der Waals surface area contributed by atoms with Gasteiger partial charge in [-0.3, -0.25) is 4.79 Å². The predicted octanol–water partition coefficient (Wildman–Crippen LogP) is 2.52. The molecule has 1 saturated heterocycles. The third-order valence-electron chi connectivity index (χ3n) is 6.30. The molecule has 0 unspecified atom stereocenters. The Balaban J connectivity index is 1.32. The van der Waals surface area contributed by atoms with E-state index in [1.54, 1.807) is 29.2 Å². The molecular formula is C24H31N3O6S2. The molecule has 9 nitrogen and oxygen atoms in total. The molecule has 2 aromatic carbocycles. The summed E-state index contributed by atoms with van der Waals surface area (Å²) in [6.07, 6.45) is 4.30. The van der Waals surface area contributed by atoms with Crippen molar-refractivity contribution < 1.29 is 26.4 Å². The zero-order valence-electron chi connectivity index (χ0n) is 19.8. The van der Waals surface area contributed by atoms with Crippen molar-refractivity contribution in [2.45, 2.75) is 48.8 Å². The van der Waals surface area contributed by atoms with Crippen LogP contribution in [0, 0.1) is 0 Å². The molecule has 0 radical (unpaired) electrons. The largest absolute Gasteiger partial charge is 0.492 e. The summed E-state index contributed by atoms with van der Waals surface area (Å²) in [6, 6.07) is 11.0. The molecule has 2 aliphatic rings. The fraction of sp³-hybridized carbons (Fsp3) is 0.458. The third kappa shape index (κ3) is 5.85. The number of ether oxygens (including phenoxy) is 1. The van der Waals surface area contributed by atoms with Crippen LogP contribution < -0.4 is 14.4 Å². The van der Waals surface area contributed by atoms with E-state index >= 15 is 0 Å². The average Bonchev–Trinajstić information content (AvgIpc) is 2.86. The second-order valence-electron chi connectivity index (χ2n) is 8.75. The first-order valence-electron chi connectivity index (χ1n) is 11.8. The first-order valence-corrected chi connectivity index (χ1v) is 14.7. The molecule has 11 heteroatoms. The summed E-state index contributed by atoms with van der Waals surface area (Å²) in [4.78, 5) is 13.9. The Morgan fingerprint density at radius 3 is 2.29 bits per heavy atom. The Morgan fingerprint density at radius 1 is 0.914 bits per heavy atom. The van der Waals surface area contributed by atoms with Crippen LogP contribution in [0.5, 0.6) is 5.75 Å². The Labute approximate surface area is 207 Å². The highest BCUT2D eigenvalue weighted by Crippen LogP contribution is 2.29. The summed E-state index contributed by atoms with van der Waals surface area (Å²) in [5.41, 5.74) is 1.60. The molecule has 2 heterocycles. The number of rotatable bonds is 8. The van der Waals surface area contributed by atoms with Gasteiger partial charge in [0.1, 0.15) is 12.4 Å². The van der Waals surface area contributed by atoms with E-state index in [1.165, 1.54) is 29.4 Å². The molecule has 1 N–H and O–H groups in total.